The van der Waals surface area contributed by atoms with Crippen molar-refractivity contribution in [3.05, 3.63) is 53.8 Å². The maximum Gasteiger partial charge on any atom is 0.255 e. The topological polar surface area (TPSA) is 64.3 Å². The number of anilines is 2. The molecule has 0 spiro atoms. The molecular formula is C18H19FN2O2. The molecule has 23 heavy (non-hydrogen) atoms. The lowest BCUT2D eigenvalue weighted by Crippen LogP contribution is -2.14. The molecule has 0 bridgehead atoms. The van der Waals surface area contributed by atoms with Crippen molar-refractivity contribution in [2.75, 3.05) is 11.1 Å². The highest BCUT2D eigenvalue weighted by Crippen LogP contribution is 2.25. The van der Waals surface area contributed by atoms with E-state index in [1.807, 2.05) is 0 Å². The van der Waals surface area contributed by atoms with Gasteiger partial charge in [0, 0.05) is 5.56 Å². The van der Waals surface area contributed by atoms with Crippen LogP contribution in [-0.2, 0) is 0 Å². The second-order valence-corrected chi connectivity index (χ2v) is 5.73. The summed E-state index contributed by atoms with van der Waals surface area (Å²) < 4.78 is 19.1. The number of rotatable bonds is 4. The van der Waals surface area contributed by atoms with E-state index in [9.17, 15) is 9.18 Å². The van der Waals surface area contributed by atoms with Crippen LogP contribution in [0.2, 0.25) is 0 Å². The number of hydrogen-bond acceptors (Lipinski definition) is 3. The normalized spacial score (nSPS) is 14.7. The van der Waals surface area contributed by atoms with Crippen molar-refractivity contribution in [2.45, 2.75) is 31.8 Å². The minimum atomic E-state index is -0.449. The molecule has 3 N–H and O–H groups in total. The highest BCUT2D eigenvalue weighted by Gasteiger charge is 2.16. The van der Waals surface area contributed by atoms with Gasteiger partial charge in [-0.2, -0.15) is 0 Å². The molecule has 0 aliphatic heterocycles. The fourth-order valence-electron chi connectivity index (χ4n) is 2.71. The molecule has 0 radical (unpaired) electrons. The van der Waals surface area contributed by atoms with E-state index in [4.69, 9.17) is 10.5 Å². The Morgan fingerprint density at radius 2 is 1.83 bits per heavy atom. The van der Waals surface area contributed by atoms with Crippen molar-refractivity contribution >= 4 is 17.3 Å². The van der Waals surface area contributed by atoms with Gasteiger partial charge in [-0.25, -0.2) is 4.39 Å². The van der Waals surface area contributed by atoms with Gasteiger partial charge in [0.1, 0.15) is 11.6 Å². The molecule has 120 valence electrons. The Bertz CT molecular complexity index is 695. The number of halogens is 1. The zero-order chi connectivity index (χ0) is 16.2. The number of benzene rings is 2. The van der Waals surface area contributed by atoms with Gasteiger partial charge in [0.15, 0.2) is 0 Å². The molecule has 2 aromatic rings. The quantitative estimate of drug-likeness (QED) is 0.839. The van der Waals surface area contributed by atoms with Gasteiger partial charge in [-0.05, 0) is 68.1 Å². The molecule has 0 atom stereocenters. The molecule has 0 heterocycles. The number of ether oxygens (including phenoxy) is 1. The molecule has 1 aliphatic carbocycles. The Kier molecular flexibility index (Phi) is 4.46. The Hall–Kier alpha value is -2.56. The molecule has 4 nitrogen and oxygen atoms in total. The first-order valence-corrected chi connectivity index (χ1v) is 7.75. The van der Waals surface area contributed by atoms with Crippen LogP contribution >= 0.6 is 0 Å². The molecule has 3 rings (SSSR count). The van der Waals surface area contributed by atoms with Gasteiger partial charge in [0.05, 0.1) is 17.5 Å². The van der Waals surface area contributed by atoms with E-state index < -0.39 is 5.82 Å². The lowest BCUT2D eigenvalue weighted by Gasteiger charge is -2.13. The Balaban J connectivity index is 1.66. The van der Waals surface area contributed by atoms with E-state index >= 15 is 0 Å². The van der Waals surface area contributed by atoms with Crippen molar-refractivity contribution in [1.82, 2.24) is 0 Å². The van der Waals surface area contributed by atoms with E-state index in [0.717, 1.165) is 18.6 Å². The number of carbonyl (C=O) groups excluding carboxylic acids is 1. The first kappa shape index (κ1) is 15.3. The number of nitrogens with one attached hydrogen (secondary N) is 1. The average Bonchev–Trinajstić information content (AvgIpc) is 3.04. The van der Waals surface area contributed by atoms with Crippen LogP contribution in [0.3, 0.4) is 0 Å². The summed E-state index contributed by atoms with van der Waals surface area (Å²) in [4.78, 5) is 12.2. The van der Waals surface area contributed by atoms with Crippen molar-refractivity contribution < 1.29 is 13.9 Å². The van der Waals surface area contributed by atoms with E-state index in [1.165, 1.54) is 31.0 Å². The van der Waals surface area contributed by atoms with Crippen LogP contribution in [0, 0.1) is 5.82 Å². The summed E-state index contributed by atoms with van der Waals surface area (Å²) in [6.07, 6.45) is 4.87. The predicted octanol–water partition coefficient (Wildman–Crippen LogP) is 3.98. The Morgan fingerprint density at radius 1 is 1.13 bits per heavy atom. The minimum absolute atomic E-state index is 0.265. The molecule has 1 fully saturated rings. The number of hydrogen-bond donors (Lipinski definition) is 2. The minimum Gasteiger partial charge on any atom is -0.490 e. The summed E-state index contributed by atoms with van der Waals surface area (Å²) in [6, 6.07) is 10.8. The molecule has 2 aromatic carbocycles. The zero-order valence-corrected chi connectivity index (χ0v) is 12.7. The zero-order valence-electron chi connectivity index (χ0n) is 12.7. The maximum absolute atomic E-state index is 13.2. The molecular weight excluding hydrogens is 295 g/mol. The monoisotopic (exact) mass is 314 g/mol. The first-order valence-electron chi connectivity index (χ1n) is 7.75. The molecule has 1 saturated carbocycles. The van der Waals surface area contributed by atoms with Gasteiger partial charge in [-0.3, -0.25) is 4.79 Å². The predicted molar refractivity (Wildman–Crippen MR) is 88.1 cm³/mol. The second-order valence-electron chi connectivity index (χ2n) is 5.73. The number of amides is 1. The van der Waals surface area contributed by atoms with E-state index in [0.29, 0.717) is 11.3 Å². The van der Waals surface area contributed by atoms with Gasteiger partial charge in [0.2, 0.25) is 0 Å². The fraction of sp³-hybridized carbons (Fsp3) is 0.278. The standard InChI is InChI=1S/C18H19FN2O2/c19-13-7-10-16(20)17(11-13)21-18(22)12-5-8-15(9-6-12)23-14-3-1-2-4-14/h5-11,14H,1-4,20H2,(H,21,22). The number of nitrogens with two attached hydrogens (primary N) is 1. The van der Waals surface area contributed by atoms with Gasteiger partial charge in [0.25, 0.3) is 5.91 Å². The highest BCUT2D eigenvalue weighted by molar-refractivity contribution is 6.05. The lowest BCUT2D eigenvalue weighted by atomic mass is 10.2. The van der Waals surface area contributed by atoms with Gasteiger partial charge in [-0.15, -0.1) is 0 Å². The third kappa shape index (κ3) is 3.80. The first-order chi connectivity index (χ1) is 11.1. The summed E-state index contributed by atoms with van der Waals surface area (Å²) in [5.74, 6) is -0.0248. The van der Waals surface area contributed by atoms with E-state index in [-0.39, 0.29) is 17.7 Å². The third-order valence-corrected chi connectivity index (χ3v) is 3.98. The molecule has 0 saturated heterocycles. The summed E-state index contributed by atoms with van der Waals surface area (Å²) in [5, 5.41) is 2.62. The van der Waals surface area contributed by atoms with Crippen LogP contribution < -0.4 is 15.8 Å². The van der Waals surface area contributed by atoms with E-state index in [2.05, 4.69) is 5.32 Å². The lowest BCUT2D eigenvalue weighted by molar-refractivity contribution is 0.102. The largest absolute Gasteiger partial charge is 0.490 e. The van der Waals surface area contributed by atoms with Crippen LogP contribution in [0.1, 0.15) is 36.0 Å². The van der Waals surface area contributed by atoms with Gasteiger partial charge < -0.3 is 15.8 Å². The van der Waals surface area contributed by atoms with Crippen LogP contribution in [-0.4, -0.2) is 12.0 Å². The summed E-state index contributed by atoms with van der Waals surface area (Å²) in [5.41, 5.74) is 6.78. The summed E-state index contributed by atoms with van der Waals surface area (Å²) in [7, 11) is 0. The van der Waals surface area contributed by atoms with Crippen molar-refractivity contribution in [2.24, 2.45) is 0 Å². The number of carbonyl (C=O) groups is 1. The van der Waals surface area contributed by atoms with E-state index in [1.54, 1.807) is 24.3 Å². The van der Waals surface area contributed by atoms with Gasteiger partial charge in [-0.1, -0.05) is 0 Å². The SMILES string of the molecule is Nc1ccc(F)cc1NC(=O)c1ccc(OC2CCCC2)cc1. The smallest absolute Gasteiger partial charge is 0.255 e. The molecule has 1 aliphatic rings. The second kappa shape index (κ2) is 6.69. The highest BCUT2D eigenvalue weighted by atomic mass is 19.1. The van der Waals surface area contributed by atoms with Crippen LogP contribution in [0.5, 0.6) is 5.75 Å². The van der Waals surface area contributed by atoms with Crippen LogP contribution in [0.4, 0.5) is 15.8 Å². The molecule has 5 heteroatoms. The summed E-state index contributed by atoms with van der Waals surface area (Å²) in [6.45, 7) is 0. The van der Waals surface area contributed by atoms with Crippen molar-refractivity contribution in [3.8, 4) is 5.75 Å². The maximum atomic E-state index is 13.2. The van der Waals surface area contributed by atoms with Crippen LogP contribution in [0.25, 0.3) is 0 Å². The molecule has 0 aromatic heterocycles. The molecule has 0 unspecified atom stereocenters. The third-order valence-electron chi connectivity index (χ3n) is 3.98. The fourth-order valence-corrected chi connectivity index (χ4v) is 2.71. The Labute approximate surface area is 134 Å². The number of nitrogen functional groups attached to an aromatic ring is 1. The Morgan fingerprint density at radius 3 is 2.52 bits per heavy atom. The average molecular weight is 314 g/mol. The summed E-state index contributed by atoms with van der Waals surface area (Å²) >= 11 is 0. The van der Waals surface area contributed by atoms with Crippen LogP contribution in [0.15, 0.2) is 42.5 Å². The van der Waals surface area contributed by atoms with Crippen molar-refractivity contribution in [3.63, 3.8) is 0 Å². The van der Waals surface area contributed by atoms with Crippen molar-refractivity contribution in [1.29, 1.82) is 0 Å². The molecule has 1 amide bonds. The van der Waals surface area contributed by atoms with Gasteiger partial charge >= 0.3 is 0 Å².